The van der Waals surface area contributed by atoms with Crippen LogP contribution in [-0.4, -0.2) is 22.1 Å². The van der Waals surface area contributed by atoms with Crippen molar-refractivity contribution in [1.29, 1.82) is 0 Å². The first-order valence-corrected chi connectivity index (χ1v) is 9.18. The van der Waals surface area contributed by atoms with Crippen LogP contribution in [0.15, 0.2) is 54.6 Å². The maximum absolute atomic E-state index is 13.1. The predicted molar refractivity (Wildman–Crippen MR) is 110 cm³/mol. The van der Waals surface area contributed by atoms with Gasteiger partial charge in [0.1, 0.15) is 5.15 Å². The molecule has 160 valence electrons. The number of carbonyl (C=O) groups is 2. The van der Waals surface area contributed by atoms with Crippen LogP contribution in [0.25, 0.3) is 11.3 Å². The van der Waals surface area contributed by atoms with E-state index in [0.29, 0.717) is 16.9 Å². The van der Waals surface area contributed by atoms with E-state index in [4.69, 9.17) is 16.7 Å². The number of alkyl halides is 3. The Labute approximate surface area is 179 Å². The van der Waals surface area contributed by atoms with Crippen molar-refractivity contribution in [2.45, 2.75) is 13.1 Å². The van der Waals surface area contributed by atoms with Gasteiger partial charge >= 0.3 is 12.3 Å². The molecule has 0 aliphatic rings. The van der Waals surface area contributed by atoms with Crippen LogP contribution < -0.4 is 10.6 Å². The first kappa shape index (κ1) is 22.1. The van der Waals surface area contributed by atoms with Crippen molar-refractivity contribution < 1.29 is 27.9 Å². The topological polar surface area (TPSA) is 91.3 Å². The maximum Gasteiger partial charge on any atom is 0.416 e. The minimum Gasteiger partial charge on any atom is -0.465 e. The highest BCUT2D eigenvalue weighted by Gasteiger charge is 2.32. The van der Waals surface area contributed by atoms with Gasteiger partial charge in [0, 0.05) is 16.9 Å². The van der Waals surface area contributed by atoms with E-state index in [-0.39, 0.29) is 22.0 Å². The molecule has 0 radical (unpaired) electrons. The molecule has 3 N–H and O–H groups in total. The van der Waals surface area contributed by atoms with Crippen LogP contribution >= 0.6 is 11.6 Å². The molecule has 10 heteroatoms. The largest absolute Gasteiger partial charge is 0.465 e. The van der Waals surface area contributed by atoms with Gasteiger partial charge in [-0.15, -0.1) is 0 Å². The average molecular weight is 450 g/mol. The Balaban J connectivity index is 1.80. The molecule has 0 atom stereocenters. The molecule has 1 aromatic heterocycles. The first-order chi connectivity index (χ1) is 14.5. The quantitative estimate of drug-likeness (QED) is 0.421. The van der Waals surface area contributed by atoms with E-state index in [1.165, 1.54) is 43.3 Å². The monoisotopic (exact) mass is 449 g/mol. The number of halogens is 4. The molecule has 3 aromatic rings. The fourth-order valence-electron chi connectivity index (χ4n) is 2.82. The third-order valence-corrected chi connectivity index (χ3v) is 4.61. The number of anilines is 2. The summed E-state index contributed by atoms with van der Waals surface area (Å²) >= 11 is 6.13. The average Bonchev–Trinajstić information content (AvgIpc) is 2.68. The number of carboxylic acid groups (broad SMARTS) is 1. The molecule has 0 fully saturated rings. The van der Waals surface area contributed by atoms with E-state index in [1.807, 2.05) is 0 Å². The second kappa shape index (κ2) is 8.65. The molecule has 0 spiro atoms. The molecule has 31 heavy (non-hydrogen) atoms. The van der Waals surface area contributed by atoms with Crippen LogP contribution in [0, 0.1) is 6.92 Å². The number of carbonyl (C=O) groups excluding carboxylic acids is 1. The Hall–Kier alpha value is -3.59. The first-order valence-electron chi connectivity index (χ1n) is 8.81. The van der Waals surface area contributed by atoms with Crippen molar-refractivity contribution in [3.05, 3.63) is 76.4 Å². The van der Waals surface area contributed by atoms with Gasteiger partial charge < -0.3 is 10.4 Å². The van der Waals surface area contributed by atoms with Gasteiger partial charge in [-0.25, -0.2) is 9.78 Å². The number of aryl methyl sites for hydroxylation is 1. The highest BCUT2D eigenvalue weighted by atomic mass is 35.5. The fourth-order valence-corrected chi connectivity index (χ4v) is 3.06. The predicted octanol–water partition coefficient (Wildman–Crippen LogP) is 6.07. The van der Waals surface area contributed by atoms with E-state index < -0.39 is 23.7 Å². The third kappa shape index (κ3) is 5.32. The van der Waals surface area contributed by atoms with E-state index in [9.17, 15) is 22.8 Å². The number of amides is 2. The van der Waals surface area contributed by atoms with Crippen LogP contribution in [-0.2, 0) is 6.18 Å². The lowest BCUT2D eigenvalue weighted by Crippen LogP contribution is -2.15. The lowest BCUT2D eigenvalue weighted by molar-refractivity contribution is -0.138. The third-order valence-electron chi connectivity index (χ3n) is 4.33. The number of aromatic nitrogens is 1. The zero-order valence-corrected chi connectivity index (χ0v) is 16.7. The zero-order valence-electron chi connectivity index (χ0n) is 15.9. The fraction of sp³-hybridized carbons (Fsp3) is 0.0952. The van der Waals surface area contributed by atoms with Gasteiger partial charge in [-0.2, -0.15) is 13.2 Å². The Morgan fingerprint density at radius 3 is 2.19 bits per heavy atom. The van der Waals surface area contributed by atoms with Crippen molar-refractivity contribution in [3.63, 3.8) is 0 Å². The summed E-state index contributed by atoms with van der Waals surface area (Å²) in [6, 6.07) is 12.7. The van der Waals surface area contributed by atoms with E-state index in [2.05, 4.69) is 15.6 Å². The number of hydrogen-bond donors (Lipinski definition) is 3. The molecule has 6 nitrogen and oxygen atoms in total. The highest BCUT2D eigenvalue weighted by molar-refractivity contribution is 6.33. The molecule has 0 saturated heterocycles. The zero-order chi connectivity index (χ0) is 22.8. The van der Waals surface area contributed by atoms with Gasteiger partial charge in [0.2, 0.25) is 0 Å². The number of nitrogens with one attached hydrogen (secondary N) is 2. The number of rotatable bonds is 4. The summed E-state index contributed by atoms with van der Waals surface area (Å²) in [5, 5.41) is 13.2. The molecule has 1 heterocycles. The van der Waals surface area contributed by atoms with E-state index in [0.717, 1.165) is 6.07 Å². The molecule has 0 saturated carbocycles. The Morgan fingerprint density at radius 2 is 1.61 bits per heavy atom. The summed E-state index contributed by atoms with van der Waals surface area (Å²) in [5.41, 5.74) is 0.587. The highest BCUT2D eigenvalue weighted by Crippen LogP contribution is 2.33. The molecule has 0 aliphatic carbocycles. The van der Waals surface area contributed by atoms with E-state index >= 15 is 0 Å². The second-order valence-electron chi connectivity index (χ2n) is 6.52. The van der Waals surface area contributed by atoms with Crippen LogP contribution in [0.2, 0.25) is 5.15 Å². The summed E-state index contributed by atoms with van der Waals surface area (Å²) in [4.78, 5) is 27.3. The molecule has 0 aliphatic heterocycles. The van der Waals surface area contributed by atoms with Gasteiger partial charge in [0.05, 0.1) is 16.8 Å². The lowest BCUT2D eigenvalue weighted by Gasteiger charge is -2.13. The lowest BCUT2D eigenvalue weighted by atomic mass is 10.1. The van der Waals surface area contributed by atoms with Crippen LogP contribution in [0.3, 0.4) is 0 Å². The number of hydrogen-bond acceptors (Lipinski definition) is 3. The molecule has 0 unspecified atom stereocenters. The maximum atomic E-state index is 13.1. The number of pyridine rings is 1. The Bertz CT molecular complexity index is 1150. The van der Waals surface area contributed by atoms with Gasteiger partial charge in [0.25, 0.3) is 5.91 Å². The summed E-state index contributed by atoms with van der Waals surface area (Å²) in [6.07, 6.45) is -5.73. The Kier molecular flexibility index (Phi) is 6.16. The standard InChI is InChI=1S/C21H15ClF3N3O3/c1-11-2-5-14(10-16(11)21(23,24)25)26-19(29)15-8-9-17(28-18(15)22)12-3-6-13(7-4-12)27-20(30)31/h2-10,27H,1H3,(H,26,29)(H,30,31). The van der Waals surface area contributed by atoms with Gasteiger partial charge in [0.15, 0.2) is 0 Å². The van der Waals surface area contributed by atoms with E-state index in [1.54, 1.807) is 12.1 Å². The van der Waals surface area contributed by atoms with Gasteiger partial charge in [-0.3, -0.25) is 10.1 Å². The molecule has 2 aromatic carbocycles. The minimum atomic E-state index is -4.54. The summed E-state index contributed by atoms with van der Waals surface area (Å²) in [6.45, 7) is 1.33. The Morgan fingerprint density at radius 1 is 0.968 bits per heavy atom. The summed E-state index contributed by atoms with van der Waals surface area (Å²) in [5.74, 6) is -0.706. The normalized spacial score (nSPS) is 11.1. The number of nitrogens with zero attached hydrogens (tertiary/aromatic N) is 1. The smallest absolute Gasteiger partial charge is 0.416 e. The van der Waals surface area contributed by atoms with Crippen molar-refractivity contribution >= 4 is 35.0 Å². The van der Waals surface area contributed by atoms with Crippen LogP contribution in [0.1, 0.15) is 21.5 Å². The molecule has 3 rings (SSSR count). The van der Waals surface area contributed by atoms with Crippen molar-refractivity contribution in [1.82, 2.24) is 4.98 Å². The van der Waals surface area contributed by atoms with Gasteiger partial charge in [-0.1, -0.05) is 29.8 Å². The SMILES string of the molecule is Cc1ccc(NC(=O)c2ccc(-c3ccc(NC(=O)O)cc3)nc2Cl)cc1C(F)(F)F. The minimum absolute atomic E-state index is 0.0104. The molecule has 2 amide bonds. The summed E-state index contributed by atoms with van der Waals surface area (Å²) in [7, 11) is 0. The van der Waals surface area contributed by atoms with Crippen molar-refractivity contribution in [2.24, 2.45) is 0 Å². The summed E-state index contributed by atoms with van der Waals surface area (Å²) < 4.78 is 39.2. The molecular weight excluding hydrogens is 435 g/mol. The van der Waals surface area contributed by atoms with Crippen LogP contribution in [0.5, 0.6) is 0 Å². The van der Waals surface area contributed by atoms with Crippen LogP contribution in [0.4, 0.5) is 29.3 Å². The second-order valence-corrected chi connectivity index (χ2v) is 6.88. The van der Waals surface area contributed by atoms with Crippen molar-refractivity contribution in [2.75, 3.05) is 10.6 Å². The molecular formula is C21H15ClF3N3O3. The van der Waals surface area contributed by atoms with Crippen molar-refractivity contribution in [3.8, 4) is 11.3 Å². The van der Waals surface area contributed by atoms with Gasteiger partial charge in [-0.05, 0) is 48.9 Å². The number of benzene rings is 2. The molecule has 0 bridgehead atoms.